The van der Waals surface area contributed by atoms with Crippen LogP contribution in [0.15, 0.2) is 30.3 Å². The highest BCUT2D eigenvalue weighted by Crippen LogP contribution is 2.33. The Balaban J connectivity index is 1.50. The number of hydrogen-bond acceptors (Lipinski definition) is 4. The lowest BCUT2D eigenvalue weighted by Crippen LogP contribution is -2.30. The van der Waals surface area contributed by atoms with Crippen molar-refractivity contribution in [1.29, 1.82) is 0 Å². The average Bonchev–Trinajstić information content (AvgIpc) is 3.29. The highest BCUT2D eigenvalue weighted by Gasteiger charge is 2.40. The molecule has 6 nitrogen and oxygen atoms in total. The van der Waals surface area contributed by atoms with Crippen molar-refractivity contribution in [3.05, 3.63) is 35.9 Å². The van der Waals surface area contributed by atoms with E-state index in [1.165, 1.54) is 0 Å². The maximum absolute atomic E-state index is 12.4. The average molecular weight is 347 g/mol. The van der Waals surface area contributed by atoms with Crippen LogP contribution in [0.1, 0.15) is 30.7 Å². The molecule has 2 aliphatic rings. The lowest BCUT2D eigenvalue weighted by molar-refractivity contribution is -0.141. The van der Waals surface area contributed by atoms with Gasteiger partial charge in [0.1, 0.15) is 0 Å². The molecular formula is C19H25NO5. The second kappa shape index (κ2) is 8.45. The normalized spacial score (nSPS) is 26.1. The van der Waals surface area contributed by atoms with E-state index in [1.54, 1.807) is 4.90 Å². The fourth-order valence-electron chi connectivity index (χ4n) is 3.60. The predicted octanol–water partition coefficient (Wildman–Crippen LogP) is 1.90. The van der Waals surface area contributed by atoms with Crippen molar-refractivity contribution in [3.63, 3.8) is 0 Å². The minimum absolute atomic E-state index is 0.0444. The molecule has 0 aliphatic carbocycles. The molecule has 2 saturated heterocycles. The molecule has 3 rings (SSSR count). The predicted molar refractivity (Wildman–Crippen MR) is 91.3 cm³/mol. The molecule has 1 aromatic rings. The number of carbonyl (C=O) groups is 2. The van der Waals surface area contributed by atoms with Gasteiger partial charge in [0, 0.05) is 25.6 Å². The third kappa shape index (κ3) is 4.58. The largest absolute Gasteiger partial charge is 0.481 e. The minimum atomic E-state index is -0.848. The summed E-state index contributed by atoms with van der Waals surface area (Å²) in [5, 5.41) is 9.50. The van der Waals surface area contributed by atoms with Gasteiger partial charge in [0.2, 0.25) is 5.91 Å². The fraction of sp³-hybridized carbons (Fsp3) is 0.579. The van der Waals surface area contributed by atoms with Crippen molar-refractivity contribution in [2.75, 3.05) is 32.9 Å². The first-order valence-corrected chi connectivity index (χ1v) is 8.90. The van der Waals surface area contributed by atoms with Crippen LogP contribution in [0.3, 0.4) is 0 Å². The van der Waals surface area contributed by atoms with Gasteiger partial charge in [0.15, 0.2) is 0 Å². The highest BCUT2D eigenvalue weighted by molar-refractivity contribution is 5.79. The van der Waals surface area contributed by atoms with Crippen molar-refractivity contribution < 1.29 is 24.2 Å². The molecule has 25 heavy (non-hydrogen) atoms. The molecule has 1 aromatic carbocycles. The Kier molecular flexibility index (Phi) is 6.04. The first-order valence-electron chi connectivity index (χ1n) is 8.90. The smallest absolute Gasteiger partial charge is 0.308 e. The second-order valence-electron chi connectivity index (χ2n) is 6.72. The summed E-state index contributed by atoms with van der Waals surface area (Å²) in [7, 11) is 0. The lowest BCUT2D eigenvalue weighted by Gasteiger charge is -2.17. The minimum Gasteiger partial charge on any atom is -0.481 e. The van der Waals surface area contributed by atoms with Crippen LogP contribution in [-0.2, 0) is 19.1 Å². The summed E-state index contributed by atoms with van der Waals surface area (Å²) in [5.74, 6) is -1.61. The number of rotatable bonds is 7. The molecule has 0 bridgehead atoms. The van der Waals surface area contributed by atoms with Gasteiger partial charge in [-0.25, -0.2) is 0 Å². The van der Waals surface area contributed by atoms with E-state index in [2.05, 4.69) is 0 Å². The van der Waals surface area contributed by atoms with Crippen LogP contribution in [-0.4, -0.2) is 60.9 Å². The van der Waals surface area contributed by atoms with E-state index in [9.17, 15) is 14.7 Å². The summed E-state index contributed by atoms with van der Waals surface area (Å²) in [5.41, 5.74) is 0.972. The highest BCUT2D eigenvalue weighted by atomic mass is 16.5. The third-order valence-corrected chi connectivity index (χ3v) is 5.01. The molecule has 1 amide bonds. The molecule has 0 aromatic heterocycles. The SMILES string of the molecule is O=C(O)C1CN(C(=O)CCOCC2CCCO2)CC1c1ccccc1. The number of benzene rings is 1. The Morgan fingerprint density at radius 1 is 1.24 bits per heavy atom. The molecule has 0 spiro atoms. The van der Waals surface area contributed by atoms with E-state index in [0.29, 0.717) is 19.8 Å². The molecule has 2 heterocycles. The van der Waals surface area contributed by atoms with Crippen molar-refractivity contribution in [2.24, 2.45) is 5.92 Å². The van der Waals surface area contributed by atoms with Gasteiger partial charge < -0.3 is 19.5 Å². The van der Waals surface area contributed by atoms with E-state index >= 15 is 0 Å². The molecule has 6 heteroatoms. The molecule has 2 aliphatic heterocycles. The van der Waals surface area contributed by atoms with Gasteiger partial charge in [-0.3, -0.25) is 9.59 Å². The number of hydrogen-bond donors (Lipinski definition) is 1. The number of nitrogens with zero attached hydrogens (tertiary/aromatic N) is 1. The van der Waals surface area contributed by atoms with Crippen LogP contribution in [0.4, 0.5) is 0 Å². The van der Waals surface area contributed by atoms with Crippen LogP contribution >= 0.6 is 0 Å². The molecule has 1 N–H and O–H groups in total. The van der Waals surface area contributed by atoms with E-state index in [4.69, 9.17) is 9.47 Å². The second-order valence-corrected chi connectivity index (χ2v) is 6.72. The Morgan fingerprint density at radius 2 is 2.04 bits per heavy atom. The number of aliphatic carboxylic acids is 1. The van der Waals surface area contributed by atoms with Gasteiger partial charge in [0.05, 0.1) is 31.7 Å². The maximum Gasteiger partial charge on any atom is 0.308 e. The first-order chi connectivity index (χ1) is 12.1. The van der Waals surface area contributed by atoms with E-state index in [-0.39, 0.29) is 30.9 Å². The number of ether oxygens (including phenoxy) is 2. The number of carboxylic acids is 1. The first kappa shape index (κ1) is 17.9. The lowest BCUT2D eigenvalue weighted by atomic mass is 9.89. The van der Waals surface area contributed by atoms with Crippen LogP contribution in [0.2, 0.25) is 0 Å². The number of likely N-dealkylation sites (tertiary alicyclic amines) is 1. The van der Waals surface area contributed by atoms with Gasteiger partial charge >= 0.3 is 5.97 Å². The molecule has 136 valence electrons. The Morgan fingerprint density at radius 3 is 2.72 bits per heavy atom. The van der Waals surface area contributed by atoms with Crippen molar-refractivity contribution >= 4 is 11.9 Å². The zero-order valence-corrected chi connectivity index (χ0v) is 14.3. The van der Waals surface area contributed by atoms with Crippen molar-refractivity contribution in [2.45, 2.75) is 31.3 Å². The van der Waals surface area contributed by atoms with Crippen LogP contribution in [0.25, 0.3) is 0 Å². The van der Waals surface area contributed by atoms with Gasteiger partial charge in [-0.1, -0.05) is 30.3 Å². The van der Waals surface area contributed by atoms with Gasteiger partial charge in [-0.05, 0) is 18.4 Å². The van der Waals surface area contributed by atoms with Gasteiger partial charge in [-0.15, -0.1) is 0 Å². The summed E-state index contributed by atoms with van der Waals surface area (Å²) >= 11 is 0. The molecule has 0 radical (unpaired) electrons. The number of amides is 1. The van der Waals surface area contributed by atoms with E-state index < -0.39 is 11.9 Å². The van der Waals surface area contributed by atoms with Crippen LogP contribution < -0.4 is 0 Å². The monoisotopic (exact) mass is 347 g/mol. The molecule has 3 unspecified atom stereocenters. The fourth-order valence-corrected chi connectivity index (χ4v) is 3.60. The molecule has 0 saturated carbocycles. The van der Waals surface area contributed by atoms with Crippen molar-refractivity contribution in [3.8, 4) is 0 Å². The van der Waals surface area contributed by atoms with Crippen LogP contribution in [0, 0.1) is 5.92 Å². The summed E-state index contributed by atoms with van der Waals surface area (Å²) in [6, 6.07) is 9.57. The summed E-state index contributed by atoms with van der Waals surface area (Å²) in [6.07, 6.45) is 2.51. The summed E-state index contributed by atoms with van der Waals surface area (Å²) in [4.78, 5) is 25.7. The summed E-state index contributed by atoms with van der Waals surface area (Å²) in [6.45, 7) is 2.38. The standard InChI is InChI=1S/C19H25NO5/c21-18(8-10-24-13-15-7-4-9-25-15)20-11-16(17(12-20)19(22)23)14-5-2-1-3-6-14/h1-3,5-6,15-17H,4,7-13H2,(H,22,23). The third-order valence-electron chi connectivity index (χ3n) is 5.01. The van der Waals surface area contributed by atoms with Crippen LogP contribution in [0.5, 0.6) is 0 Å². The number of carbonyl (C=O) groups excluding carboxylic acids is 1. The Labute approximate surface area is 147 Å². The Hall–Kier alpha value is -1.92. The maximum atomic E-state index is 12.4. The van der Waals surface area contributed by atoms with Gasteiger partial charge in [-0.2, -0.15) is 0 Å². The molecular weight excluding hydrogens is 322 g/mol. The van der Waals surface area contributed by atoms with Gasteiger partial charge in [0.25, 0.3) is 0 Å². The van der Waals surface area contributed by atoms with E-state index in [1.807, 2.05) is 30.3 Å². The van der Waals surface area contributed by atoms with Crippen molar-refractivity contribution in [1.82, 2.24) is 4.90 Å². The Bertz CT molecular complexity index is 585. The molecule has 2 fully saturated rings. The quantitative estimate of drug-likeness (QED) is 0.763. The number of carboxylic acid groups (broad SMARTS) is 1. The topological polar surface area (TPSA) is 76.1 Å². The summed E-state index contributed by atoms with van der Waals surface area (Å²) < 4.78 is 11.0. The zero-order chi connectivity index (χ0) is 17.6. The zero-order valence-electron chi connectivity index (χ0n) is 14.3. The van der Waals surface area contributed by atoms with E-state index in [0.717, 1.165) is 25.0 Å². The molecule has 3 atom stereocenters.